The Morgan fingerprint density at radius 2 is 1.50 bits per heavy atom. The minimum atomic E-state index is -1.32. The third-order valence-electron chi connectivity index (χ3n) is 5.06. The van der Waals surface area contributed by atoms with Gasteiger partial charge >= 0.3 is 0 Å². The van der Waals surface area contributed by atoms with Crippen LogP contribution in [-0.4, -0.2) is 24.9 Å². The maximum atomic E-state index is 13.3. The molecule has 1 heterocycles. The van der Waals surface area contributed by atoms with E-state index in [1.54, 1.807) is 19.9 Å². The minimum absolute atomic E-state index is 0.316. The average Bonchev–Trinajstić information content (AvgIpc) is 2.69. The molecule has 0 unspecified atom stereocenters. The van der Waals surface area contributed by atoms with Gasteiger partial charge in [0.1, 0.15) is 11.2 Å². The monoisotopic (exact) mass is 383 g/mol. The van der Waals surface area contributed by atoms with Crippen LogP contribution < -0.4 is 15.5 Å². The van der Waals surface area contributed by atoms with Crippen LogP contribution in [-0.2, 0) is 9.59 Å². The summed E-state index contributed by atoms with van der Waals surface area (Å²) in [6.45, 7) is 5.19. The highest BCUT2D eigenvalue weighted by Crippen LogP contribution is 2.25. The van der Waals surface area contributed by atoms with Crippen molar-refractivity contribution in [2.24, 2.45) is 5.41 Å². The molecule has 0 spiro atoms. The predicted octanol–water partition coefficient (Wildman–Crippen LogP) is 4.42. The van der Waals surface area contributed by atoms with Crippen molar-refractivity contribution in [3.63, 3.8) is 0 Å². The second-order valence-electron chi connectivity index (χ2n) is 7.64. The number of halogens is 1. The van der Waals surface area contributed by atoms with Gasteiger partial charge in [0.05, 0.1) is 0 Å². The Morgan fingerprint density at radius 3 is 2.11 bits per heavy atom. The van der Waals surface area contributed by atoms with Gasteiger partial charge in [-0.1, -0.05) is 6.07 Å². The summed E-state index contributed by atoms with van der Waals surface area (Å²) >= 11 is 0. The van der Waals surface area contributed by atoms with Gasteiger partial charge in [0.25, 0.3) is 0 Å². The zero-order chi connectivity index (χ0) is 20.1. The number of piperidine rings is 1. The molecule has 1 fully saturated rings. The zero-order valence-corrected chi connectivity index (χ0v) is 16.3. The number of amides is 2. The van der Waals surface area contributed by atoms with E-state index in [9.17, 15) is 14.0 Å². The molecule has 148 valence electrons. The minimum Gasteiger partial charge on any atom is -0.372 e. The normalized spacial score (nSPS) is 14.5. The fraction of sp³-hybridized carbons (Fsp3) is 0.364. The molecule has 1 saturated heterocycles. The fourth-order valence-electron chi connectivity index (χ4n) is 3.15. The van der Waals surface area contributed by atoms with Crippen molar-refractivity contribution in [3.8, 4) is 0 Å². The molecule has 1 aliphatic heterocycles. The molecule has 3 rings (SSSR count). The molecule has 0 radical (unpaired) electrons. The van der Waals surface area contributed by atoms with Crippen LogP contribution in [0, 0.1) is 11.2 Å². The maximum absolute atomic E-state index is 13.3. The molecule has 0 aromatic heterocycles. The van der Waals surface area contributed by atoms with E-state index in [0.29, 0.717) is 11.4 Å². The molecular weight excluding hydrogens is 357 g/mol. The van der Waals surface area contributed by atoms with Crippen molar-refractivity contribution in [1.29, 1.82) is 0 Å². The first-order valence-corrected chi connectivity index (χ1v) is 9.60. The lowest BCUT2D eigenvalue weighted by molar-refractivity contribution is -0.135. The summed E-state index contributed by atoms with van der Waals surface area (Å²) in [5.41, 5.74) is 0.771. The van der Waals surface area contributed by atoms with Crippen molar-refractivity contribution >= 4 is 28.9 Å². The van der Waals surface area contributed by atoms with Gasteiger partial charge in [-0.2, -0.15) is 0 Å². The van der Waals surface area contributed by atoms with E-state index in [-0.39, 0.29) is 0 Å². The lowest BCUT2D eigenvalue weighted by Gasteiger charge is -2.29. The van der Waals surface area contributed by atoms with Gasteiger partial charge < -0.3 is 15.5 Å². The second kappa shape index (κ2) is 8.42. The Hall–Kier alpha value is -2.89. The van der Waals surface area contributed by atoms with Crippen molar-refractivity contribution < 1.29 is 14.0 Å². The van der Waals surface area contributed by atoms with Crippen LogP contribution in [0.1, 0.15) is 33.1 Å². The molecule has 5 nitrogen and oxygen atoms in total. The molecule has 0 bridgehead atoms. The molecule has 0 atom stereocenters. The van der Waals surface area contributed by atoms with E-state index in [2.05, 4.69) is 15.5 Å². The number of carbonyl (C=O) groups is 2. The first-order valence-electron chi connectivity index (χ1n) is 9.60. The highest BCUT2D eigenvalue weighted by Gasteiger charge is 2.36. The third kappa shape index (κ3) is 4.68. The van der Waals surface area contributed by atoms with Crippen molar-refractivity contribution in [3.05, 3.63) is 54.3 Å². The number of nitrogens with one attached hydrogen (secondary N) is 2. The Labute approximate surface area is 164 Å². The van der Waals surface area contributed by atoms with E-state index in [0.717, 1.165) is 18.8 Å². The molecule has 0 saturated carbocycles. The predicted molar refractivity (Wildman–Crippen MR) is 110 cm³/mol. The van der Waals surface area contributed by atoms with Crippen LogP contribution in [0.5, 0.6) is 0 Å². The van der Waals surface area contributed by atoms with E-state index in [1.807, 2.05) is 24.3 Å². The SMILES string of the molecule is CC(C)(C(=O)Nc1ccc(N2CCCCC2)cc1)C(=O)Nc1cccc(F)c1. The standard InChI is InChI=1S/C22H26FN3O2/c1-22(2,21(28)25-18-8-6-7-16(23)15-18)20(27)24-17-9-11-19(12-10-17)26-13-4-3-5-14-26/h6-12,15H,3-5,13-14H2,1-2H3,(H,24,27)(H,25,28). The van der Waals surface area contributed by atoms with Crippen molar-refractivity contribution in [2.75, 3.05) is 28.6 Å². The van der Waals surface area contributed by atoms with Crippen molar-refractivity contribution in [1.82, 2.24) is 0 Å². The van der Waals surface area contributed by atoms with Crippen LogP contribution in [0.4, 0.5) is 21.5 Å². The summed E-state index contributed by atoms with van der Waals surface area (Å²) < 4.78 is 13.3. The number of benzene rings is 2. The molecular formula is C22H26FN3O2. The first kappa shape index (κ1) is 19.9. The molecule has 0 aliphatic carbocycles. The summed E-state index contributed by atoms with van der Waals surface area (Å²) in [5.74, 6) is -1.37. The van der Waals surface area contributed by atoms with E-state index in [1.165, 1.54) is 37.5 Å². The quantitative estimate of drug-likeness (QED) is 0.752. The van der Waals surface area contributed by atoms with Crippen LogP contribution in [0.2, 0.25) is 0 Å². The van der Waals surface area contributed by atoms with Gasteiger partial charge in [0.15, 0.2) is 0 Å². The number of anilines is 3. The summed E-state index contributed by atoms with van der Waals surface area (Å²) in [7, 11) is 0. The Balaban J connectivity index is 1.62. The topological polar surface area (TPSA) is 61.4 Å². The molecule has 2 N–H and O–H groups in total. The molecule has 28 heavy (non-hydrogen) atoms. The average molecular weight is 383 g/mol. The third-order valence-corrected chi connectivity index (χ3v) is 5.06. The highest BCUT2D eigenvalue weighted by atomic mass is 19.1. The number of rotatable bonds is 5. The Morgan fingerprint density at radius 1 is 0.893 bits per heavy atom. The lowest BCUT2D eigenvalue weighted by atomic mass is 9.90. The van der Waals surface area contributed by atoms with E-state index >= 15 is 0 Å². The van der Waals surface area contributed by atoms with E-state index in [4.69, 9.17) is 0 Å². The van der Waals surface area contributed by atoms with Crippen molar-refractivity contribution in [2.45, 2.75) is 33.1 Å². The first-order chi connectivity index (χ1) is 13.4. The molecule has 2 aromatic rings. The number of nitrogens with zero attached hydrogens (tertiary/aromatic N) is 1. The summed E-state index contributed by atoms with van der Waals surface area (Å²) in [5, 5.41) is 5.39. The zero-order valence-electron chi connectivity index (χ0n) is 16.3. The molecule has 6 heteroatoms. The summed E-state index contributed by atoms with van der Waals surface area (Å²) in [6, 6.07) is 13.3. The smallest absolute Gasteiger partial charge is 0.239 e. The van der Waals surface area contributed by atoms with Crippen LogP contribution in [0.25, 0.3) is 0 Å². The fourth-order valence-corrected chi connectivity index (χ4v) is 3.15. The van der Waals surface area contributed by atoms with Gasteiger partial charge in [0.2, 0.25) is 11.8 Å². The highest BCUT2D eigenvalue weighted by molar-refractivity contribution is 6.14. The largest absolute Gasteiger partial charge is 0.372 e. The van der Waals surface area contributed by atoms with Gasteiger partial charge in [-0.3, -0.25) is 9.59 Å². The maximum Gasteiger partial charge on any atom is 0.239 e. The number of hydrogen-bond acceptors (Lipinski definition) is 3. The van der Waals surface area contributed by atoms with Gasteiger partial charge in [-0.05, 0) is 75.6 Å². The van der Waals surface area contributed by atoms with Crippen LogP contribution >= 0.6 is 0 Å². The number of hydrogen-bond donors (Lipinski definition) is 2. The van der Waals surface area contributed by atoms with Gasteiger partial charge in [0, 0.05) is 30.2 Å². The summed E-state index contributed by atoms with van der Waals surface area (Å²) in [4.78, 5) is 27.5. The Bertz CT molecular complexity index is 843. The molecule has 1 aliphatic rings. The molecule has 2 aromatic carbocycles. The van der Waals surface area contributed by atoms with Crippen LogP contribution in [0.15, 0.2) is 48.5 Å². The summed E-state index contributed by atoms with van der Waals surface area (Å²) in [6.07, 6.45) is 3.68. The van der Waals surface area contributed by atoms with E-state index < -0.39 is 23.0 Å². The lowest BCUT2D eigenvalue weighted by Crippen LogP contribution is -2.41. The second-order valence-corrected chi connectivity index (χ2v) is 7.64. The van der Waals surface area contributed by atoms with Crippen LogP contribution in [0.3, 0.4) is 0 Å². The van der Waals surface area contributed by atoms with Gasteiger partial charge in [-0.25, -0.2) is 4.39 Å². The number of carbonyl (C=O) groups excluding carboxylic acids is 2. The Kier molecular flexibility index (Phi) is 5.97. The van der Waals surface area contributed by atoms with Gasteiger partial charge in [-0.15, -0.1) is 0 Å². The molecule has 2 amide bonds.